The minimum absolute atomic E-state index is 0.00678. The van der Waals surface area contributed by atoms with Crippen molar-refractivity contribution in [2.24, 2.45) is 0 Å². The summed E-state index contributed by atoms with van der Waals surface area (Å²) < 4.78 is 15.7. The molecule has 0 radical (unpaired) electrons. The molecule has 1 aliphatic carbocycles. The second kappa shape index (κ2) is 7.47. The van der Waals surface area contributed by atoms with Gasteiger partial charge < -0.3 is 24.6 Å². The highest BCUT2D eigenvalue weighted by Crippen LogP contribution is 2.50. The Labute approximate surface area is 130 Å². The second-order valence-electron chi connectivity index (χ2n) is 5.24. The fourth-order valence-electron chi connectivity index (χ4n) is 2.48. The summed E-state index contributed by atoms with van der Waals surface area (Å²) in [7, 11) is 3.17. The topological polar surface area (TPSA) is 77.0 Å². The molecule has 1 amide bonds. The molecule has 1 aromatic carbocycles. The van der Waals surface area contributed by atoms with E-state index in [0.29, 0.717) is 24.7 Å². The predicted molar refractivity (Wildman–Crippen MR) is 81.4 cm³/mol. The van der Waals surface area contributed by atoms with Crippen molar-refractivity contribution in [3.63, 3.8) is 0 Å². The van der Waals surface area contributed by atoms with Crippen molar-refractivity contribution in [2.75, 3.05) is 40.6 Å². The predicted octanol–water partition coefficient (Wildman–Crippen LogP) is 0.860. The summed E-state index contributed by atoms with van der Waals surface area (Å²) in [6.45, 7) is 1.11. The average Bonchev–Trinajstić information content (AvgIpc) is 3.35. The van der Waals surface area contributed by atoms with Crippen LogP contribution in [0, 0.1) is 0 Å². The van der Waals surface area contributed by atoms with Gasteiger partial charge in [0.15, 0.2) is 11.5 Å². The SMILES string of the molecule is COc1ccc(C2(C(=O)NCCOCCO)CC2)cc1OC. The number of benzene rings is 1. The summed E-state index contributed by atoms with van der Waals surface area (Å²) in [6, 6.07) is 5.61. The lowest BCUT2D eigenvalue weighted by atomic mass is 9.94. The summed E-state index contributed by atoms with van der Waals surface area (Å²) in [4.78, 5) is 12.4. The molecule has 0 heterocycles. The van der Waals surface area contributed by atoms with E-state index >= 15 is 0 Å². The van der Waals surface area contributed by atoms with Gasteiger partial charge in [-0.05, 0) is 30.5 Å². The largest absolute Gasteiger partial charge is 0.493 e. The molecule has 122 valence electrons. The molecule has 0 bridgehead atoms. The van der Waals surface area contributed by atoms with Gasteiger partial charge >= 0.3 is 0 Å². The van der Waals surface area contributed by atoms with Gasteiger partial charge in [0.1, 0.15) is 0 Å². The lowest BCUT2D eigenvalue weighted by Crippen LogP contribution is -2.36. The van der Waals surface area contributed by atoms with E-state index in [9.17, 15) is 4.79 Å². The quantitative estimate of drug-likeness (QED) is 0.662. The zero-order chi connectivity index (χ0) is 16.0. The van der Waals surface area contributed by atoms with E-state index in [1.807, 2.05) is 18.2 Å². The number of hydrogen-bond acceptors (Lipinski definition) is 5. The molecule has 6 heteroatoms. The Balaban J connectivity index is 1.99. The number of ether oxygens (including phenoxy) is 3. The highest BCUT2D eigenvalue weighted by atomic mass is 16.5. The van der Waals surface area contributed by atoms with Gasteiger partial charge in [0, 0.05) is 6.54 Å². The zero-order valence-electron chi connectivity index (χ0n) is 13.1. The second-order valence-corrected chi connectivity index (χ2v) is 5.24. The van der Waals surface area contributed by atoms with E-state index in [1.54, 1.807) is 14.2 Å². The normalized spacial score (nSPS) is 15.2. The number of carbonyl (C=O) groups excluding carboxylic acids is 1. The molecular weight excluding hydrogens is 286 g/mol. The molecule has 2 rings (SSSR count). The van der Waals surface area contributed by atoms with E-state index in [1.165, 1.54) is 0 Å². The molecular formula is C16H23NO5. The molecule has 2 N–H and O–H groups in total. The Morgan fingerprint density at radius 1 is 1.23 bits per heavy atom. The number of methoxy groups -OCH3 is 2. The first-order chi connectivity index (χ1) is 10.7. The van der Waals surface area contributed by atoms with E-state index in [4.69, 9.17) is 19.3 Å². The van der Waals surface area contributed by atoms with Gasteiger partial charge in [0.25, 0.3) is 0 Å². The van der Waals surface area contributed by atoms with Crippen molar-refractivity contribution in [1.82, 2.24) is 5.32 Å². The number of hydrogen-bond donors (Lipinski definition) is 2. The molecule has 22 heavy (non-hydrogen) atoms. The van der Waals surface area contributed by atoms with Crippen LogP contribution in [0.15, 0.2) is 18.2 Å². The first kappa shape index (κ1) is 16.6. The maximum Gasteiger partial charge on any atom is 0.230 e. The molecule has 1 aliphatic rings. The Morgan fingerprint density at radius 2 is 1.95 bits per heavy atom. The van der Waals surface area contributed by atoms with Gasteiger partial charge in [-0.25, -0.2) is 0 Å². The van der Waals surface area contributed by atoms with Crippen LogP contribution >= 0.6 is 0 Å². The highest BCUT2D eigenvalue weighted by molar-refractivity contribution is 5.91. The van der Waals surface area contributed by atoms with Gasteiger partial charge in [-0.15, -0.1) is 0 Å². The third-order valence-corrected chi connectivity index (χ3v) is 3.89. The summed E-state index contributed by atoms with van der Waals surface area (Å²) in [5.41, 5.74) is 0.482. The van der Waals surface area contributed by atoms with Gasteiger partial charge in [-0.3, -0.25) is 4.79 Å². The lowest BCUT2D eigenvalue weighted by Gasteiger charge is -2.17. The highest BCUT2D eigenvalue weighted by Gasteiger charge is 2.51. The van der Waals surface area contributed by atoms with Crippen LogP contribution < -0.4 is 14.8 Å². The van der Waals surface area contributed by atoms with Gasteiger partial charge in [0.2, 0.25) is 5.91 Å². The molecule has 0 unspecified atom stereocenters. The van der Waals surface area contributed by atoms with Gasteiger partial charge in [-0.1, -0.05) is 6.07 Å². The molecule has 1 fully saturated rings. The third kappa shape index (κ3) is 3.51. The van der Waals surface area contributed by atoms with Crippen molar-refractivity contribution in [3.8, 4) is 11.5 Å². The first-order valence-corrected chi connectivity index (χ1v) is 7.37. The fraction of sp³-hybridized carbons (Fsp3) is 0.562. The minimum Gasteiger partial charge on any atom is -0.493 e. The minimum atomic E-state index is -0.462. The maximum absolute atomic E-state index is 12.4. The van der Waals surface area contributed by atoms with Crippen molar-refractivity contribution in [3.05, 3.63) is 23.8 Å². The maximum atomic E-state index is 12.4. The Kier molecular flexibility index (Phi) is 5.63. The molecule has 0 saturated heterocycles. The van der Waals surface area contributed by atoms with Crippen LogP contribution in [0.5, 0.6) is 11.5 Å². The van der Waals surface area contributed by atoms with Crippen LogP contribution in [0.4, 0.5) is 0 Å². The van der Waals surface area contributed by atoms with Gasteiger partial charge in [-0.2, -0.15) is 0 Å². The summed E-state index contributed by atoms with van der Waals surface area (Å²) in [5, 5.41) is 11.5. The van der Waals surface area contributed by atoms with E-state index in [-0.39, 0.29) is 19.1 Å². The monoisotopic (exact) mass is 309 g/mol. The van der Waals surface area contributed by atoms with Crippen molar-refractivity contribution in [2.45, 2.75) is 18.3 Å². The molecule has 6 nitrogen and oxygen atoms in total. The molecule has 0 aromatic heterocycles. The number of nitrogens with one attached hydrogen (secondary N) is 1. The Hall–Kier alpha value is -1.79. The lowest BCUT2D eigenvalue weighted by molar-refractivity contribution is -0.123. The van der Waals surface area contributed by atoms with Crippen LogP contribution in [-0.4, -0.2) is 51.6 Å². The van der Waals surface area contributed by atoms with Crippen molar-refractivity contribution < 1.29 is 24.1 Å². The fourth-order valence-corrected chi connectivity index (χ4v) is 2.48. The van der Waals surface area contributed by atoms with Crippen LogP contribution in [-0.2, 0) is 14.9 Å². The Bertz CT molecular complexity index is 513. The van der Waals surface area contributed by atoms with E-state index in [2.05, 4.69) is 5.32 Å². The van der Waals surface area contributed by atoms with Crippen LogP contribution in [0.1, 0.15) is 18.4 Å². The molecule has 0 spiro atoms. The van der Waals surface area contributed by atoms with E-state index in [0.717, 1.165) is 18.4 Å². The number of carbonyl (C=O) groups is 1. The van der Waals surface area contributed by atoms with E-state index < -0.39 is 5.41 Å². The van der Waals surface area contributed by atoms with Crippen LogP contribution in [0.2, 0.25) is 0 Å². The average molecular weight is 309 g/mol. The number of aliphatic hydroxyl groups excluding tert-OH is 1. The standard InChI is InChI=1S/C16H23NO5/c1-20-13-4-3-12(11-14(13)21-2)16(5-6-16)15(19)17-7-9-22-10-8-18/h3-4,11,18H,5-10H2,1-2H3,(H,17,19). The van der Waals surface area contributed by atoms with Crippen LogP contribution in [0.3, 0.4) is 0 Å². The first-order valence-electron chi connectivity index (χ1n) is 7.37. The molecule has 1 aromatic rings. The third-order valence-electron chi connectivity index (χ3n) is 3.89. The summed E-state index contributed by atoms with van der Waals surface area (Å²) in [6.07, 6.45) is 1.65. The molecule has 1 saturated carbocycles. The smallest absolute Gasteiger partial charge is 0.230 e. The van der Waals surface area contributed by atoms with Gasteiger partial charge in [0.05, 0.1) is 39.5 Å². The summed E-state index contributed by atoms with van der Waals surface area (Å²) >= 11 is 0. The number of rotatable bonds is 9. The molecule has 0 atom stereocenters. The molecule has 0 aliphatic heterocycles. The van der Waals surface area contributed by atoms with Crippen LogP contribution in [0.25, 0.3) is 0 Å². The van der Waals surface area contributed by atoms with Crippen molar-refractivity contribution in [1.29, 1.82) is 0 Å². The van der Waals surface area contributed by atoms with Crippen molar-refractivity contribution >= 4 is 5.91 Å². The zero-order valence-corrected chi connectivity index (χ0v) is 13.1. The number of amides is 1. The summed E-state index contributed by atoms with van der Waals surface area (Å²) in [5.74, 6) is 1.29. The number of aliphatic hydroxyl groups is 1. The Morgan fingerprint density at radius 3 is 2.55 bits per heavy atom.